The van der Waals surface area contributed by atoms with E-state index in [2.05, 4.69) is 16.7 Å². The summed E-state index contributed by atoms with van der Waals surface area (Å²) in [7, 11) is 0. The number of ether oxygens (including phenoxy) is 1. The third-order valence-electron chi connectivity index (χ3n) is 4.59. The molecular weight excluding hydrogens is 378 g/mol. The van der Waals surface area contributed by atoms with Crippen molar-refractivity contribution in [2.45, 2.75) is 50.5 Å². The van der Waals surface area contributed by atoms with E-state index >= 15 is 0 Å². The van der Waals surface area contributed by atoms with Crippen molar-refractivity contribution in [1.82, 2.24) is 10.6 Å². The first-order valence-electron chi connectivity index (χ1n) is 9.33. The van der Waals surface area contributed by atoms with Crippen molar-refractivity contribution >= 4 is 23.6 Å². The fraction of sp³-hybridized carbons (Fsp3) is 0.550. The lowest BCUT2D eigenvalue weighted by atomic mass is 9.88. The van der Waals surface area contributed by atoms with Crippen molar-refractivity contribution in [2.75, 3.05) is 13.1 Å². The maximum absolute atomic E-state index is 13.2. The third kappa shape index (κ3) is 4.26. The van der Waals surface area contributed by atoms with E-state index in [1.165, 1.54) is 11.8 Å². The number of nitrogens with zero attached hydrogens (tertiary/aromatic N) is 1. The van der Waals surface area contributed by atoms with Crippen LogP contribution in [0.25, 0.3) is 0 Å². The van der Waals surface area contributed by atoms with Crippen LogP contribution in [0.2, 0.25) is 0 Å². The van der Waals surface area contributed by atoms with Crippen LogP contribution >= 0.6 is 11.8 Å². The molecule has 2 atom stereocenters. The summed E-state index contributed by atoms with van der Waals surface area (Å²) in [5.41, 5.74) is 0.189. The second-order valence-electron chi connectivity index (χ2n) is 7.90. The first kappa shape index (κ1) is 20.5. The number of hydrogen-bond acceptors (Lipinski definition) is 7. The number of aryl methyl sites for hydroxylation is 1. The SMILES string of the molecule is CC(C)(C)OC(=O)C1(NC(=O)CCc2ccco2)SC2=C(CCNC2)C1C#N. The first-order chi connectivity index (χ1) is 13.2. The average molecular weight is 404 g/mol. The van der Waals surface area contributed by atoms with Gasteiger partial charge >= 0.3 is 5.97 Å². The molecule has 8 heteroatoms. The number of amides is 1. The van der Waals surface area contributed by atoms with E-state index < -0.39 is 22.4 Å². The Kier molecular flexibility index (Phi) is 5.87. The molecule has 2 aliphatic rings. The topological polar surface area (TPSA) is 104 Å². The fourth-order valence-corrected chi connectivity index (χ4v) is 4.89. The minimum absolute atomic E-state index is 0.152. The molecule has 3 rings (SSSR count). The first-order valence-corrected chi connectivity index (χ1v) is 10.1. The summed E-state index contributed by atoms with van der Waals surface area (Å²) in [6, 6.07) is 5.81. The van der Waals surface area contributed by atoms with Gasteiger partial charge in [0.15, 0.2) is 0 Å². The van der Waals surface area contributed by atoms with Crippen LogP contribution in [0.4, 0.5) is 0 Å². The molecule has 7 nitrogen and oxygen atoms in total. The number of hydrogen-bond donors (Lipinski definition) is 2. The zero-order valence-electron chi connectivity index (χ0n) is 16.3. The smallest absolute Gasteiger partial charge is 0.345 e. The molecule has 0 fully saturated rings. The van der Waals surface area contributed by atoms with Gasteiger partial charge in [-0.2, -0.15) is 5.26 Å². The third-order valence-corrected chi connectivity index (χ3v) is 6.07. The summed E-state index contributed by atoms with van der Waals surface area (Å²) < 4.78 is 10.9. The van der Waals surface area contributed by atoms with Gasteiger partial charge < -0.3 is 19.8 Å². The van der Waals surface area contributed by atoms with E-state index in [0.29, 0.717) is 25.1 Å². The Labute approximate surface area is 168 Å². The van der Waals surface area contributed by atoms with Gasteiger partial charge in [0.25, 0.3) is 0 Å². The lowest BCUT2D eigenvalue weighted by Crippen LogP contribution is -2.57. The van der Waals surface area contributed by atoms with Crippen LogP contribution in [0.1, 0.15) is 39.4 Å². The molecule has 0 aliphatic carbocycles. The van der Waals surface area contributed by atoms with Gasteiger partial charge in [-0.25, -0.2) is 4.79 Å². The molecule has 2 aliphatic heterocycles. The normalized spacial score (nSPS) is 24.4. The van der Waals surface area contributed by atoms with Crippen molar-refractivity contribution in [3.05, 3.63) is 34.6 Å². The van der Waals surface area contributed by atoms with Crippen LogP contribution in [-0.4, -0.2) is 35.4 Å². The van der Waals surface area contributed by atoms with Crippen LogP contribution in [0.5, 0.6) is 0 Å². The molecular formula is C20H25N3O4S. The predicted octanol–water partition coefficient (Wildman–Crippen LogP) is 2.50. The zero-order chi connectivity index (χ0) is 20.4. The summed E-state index contributed by atoms with van der Waals surface area (Å²) in [6.45, 7) is 6.65. The highest BCUT2D eigenvalue weighted by atomic mass is 32.2. The quantitative estimate of drug-likeness (QED) is 0.728. The van der Waals surface area contributed by atoms with Crippen LogP contribution < -0.4 is 10.6 Å². The van der Waals surface area contributed by atoms with E-state index in [1.54, 1.807) is 39.2 Å². The summed E-state index contributed by atoms with van der Waals surface area (Å²) >= 11 is 1.24. The molecule has 2 N–H and O–H groups in total. The Morgan fingerprint density at radius 1 is 1.50 bits per heavy atom. The maximum Gasteiger partial charge on any atom is 0.345 e. The minimum Gasteiger partial charge on any atom is -0.469 e. The monoisotopic (exact) mass is 403 g/mol. The van der Waals surface area contributed by atoms with Gasteiger partial charge in [-0.15, -0.1) is 0 Å². The number of carbonyl (C=O) groups excluding carboxylic acids is 2. The number of rotatable bonds is 5. The molecule has 28 heavy (non-hydrogen) atoms. The highest BCUT2D eigenvalue weighted by Gasteiger charge is 2.57. The molecule has 0 saturated carbocycles. The lowest BCUT2D eigenvalue weighted by molar-refractivity contribution is -0.161. The van der Waals surface area contributed by atoms with Gasteiger partial charge in [0.05, 0.1) is 12.3 Å². The van der Waals surface area contributed by atoms with E-state index in [-0.39, 0.29) is 12.3 Å². The Hall–Kier alpha value is -2.24. The largest absolute Gasteiger partial charge is 0.469 e. The Morgan fingerprint density at radius 3 is 2.93 bits per heavy atom. The number of carbonyl (C=O) groups is 2. The van der Waals surface area contributed by atoms with Gasteiger partial charge in [-0.05, 0) is 51.4 Å². The molecule has 3 heterocycles. The van der Waals surface area contributed by atoms with Crippen LogP contribution in [-0.2, 0) is 20.7 Å². The predicted molar refractivity (Wildman–Crippen MR) is 105 cm³/mol. The van der Waals surface area contributed by atoms with Crippen LogP contribution in [0, 0.1) is 17.2 Å². The van der Waals surface area contributed by atoms with Crippen molar-refractivity contribution in [2.24, 2.45) is 5.92 Å². The highest BCUT2D eigenvalue weighted by Crippen LogP contribution is 2.51. The summed E-state index contributed by atoms with van der Waals surface area (Å²) in [6.07, 6.45) is 2.80. The van der Waals surface area contributed by atoms with Crippen LogP contribution in [0.15, 0.2) is 33.3 Å². The average Bonchev–Trinajstić information content (AvgIpc) is 3.24. The number of nitriles is 1. The van der Waals surface area contributed by atoms with E-state index in [1.807, 2.05) is 0 Å². The van der Waals surface area contributed by atoms with E-state index in [0.717, 1.165) is 17.0 Å². The lowest BCUT2D eigenvalue weighted by Gasteiger charge is -2.34. The summed E-state index contributed by atoms with van der Waals surface area (Å²) in [5, 5.41) is 16.0. The molecule has 0 bridgehead atoms. The second kappa shape index (κ2) is 8.02. The van der Waals surface area contributed by atoms with Gasteiger partial charge in [0, 0.05) is 24.3 Å². The van der Waals surface area contributed by atoms with Crippen molar-refractivity contribution < 1.29 is 18.7 Å². The number of thioether (sulfide) groups is 1. The van der Waals surface area contributed by atoms with Crippen molar-refractivity contribution in [3.63, 3.8) is 0 Å². The molecule has 1 aromatic rings. The maximum atomic E-state index is 13.2. The Balaban J connectivity index is 1.84. The number of furan rings is 1. The molecule has 0 saturated heterocycles. The zero-order valence-corrected chi connectivity index (χ0v) is 17.1. The van der Waals surface area contributed by atoms with Crippen molar-refractivity contribution in [3.8, 4) is 6.07 Å². The van der Waals surface area contributed by atoms with Gasteiger partial charge in [-0.1, -0.05) is 11.8 Å². The van der Waals surface area contributed by atoms with Gasteiger partial charge in [-0.3, -0.25) is 4.79 Å². The van der Waals surface area contributed by atoms with Crippen molar-refractivity contribution in [1.29, 1.82) is 5.26 Å². The van der Waals surface area contributed by atoms with Crippen LogP contribution in [0.3, 0.4) is 0 Å². The van der Waals surface area contributed by atoms with E-state index in [9.17, 15) is 14.9 Å². The highest BCUT2D eigenvalue weighted by molar-refractivity contribution is 8.05. The molecule has 1 amide bonds. The fourth-order valence-electron chi connectivity index (χ4n) is 3.38. The summed E-state index contributed by atoms with van der Waals surface area (Å²) in [4.78, 5) is 25.4. The van der Waals surface area contributed by atoms with Gasteiger partial charge in [0.2, 0.25) is 10.8 Å². The number of esters is 1. The molecule has 1 aromatic heterocycles. The number of nitrogens with one attached hydrogen (secondary N) is 2. The molecule has 0 radical (unpaired) electrons. The van der Waals surface area contributed by atoms with Gasteiger partial charge in [0.1, 0.15) is 17.3 Å². The molecule has 2 unspecified atom stereocenters. The second-order valence-corrected chi connectivity index (χ2v) is 9.25. The molecule has 0 aromatic carbocycles. The molecule has 150 valence electrons. The Morgan fingerprint density at radius 2 is 2.29 bits per heavy atom. The molecule has 0 spiro atoms. The van der Waals surface area contributed by atoms with E-state index in [4.69, 9.17) is 9.15 Å². The summed E-state index contributed by atoms with van der Waals surface area (Å²) in [5.74, 6) is -0.962. The minimum atomic E-state index is -1.46. The standard InChI is InChI=1S/C20H25N3O4S/c1-19(2,3)27-18(25)20(23-17(24)7-6-13-5-4-10-26-13)15(11-21)14-8-9-22-12-16(14)28-20/h4-5,10,15,22H,6-9,12H2,1-3H3,(H,23,24). The Bertz CT molecular complexity index is 819.